The molecule has 2 heterocycles. The molecule has 84 valence electrons. The van der Waals surface area contributed by atoms with E-state index in [1.54, 1.807) is 0 Å². The summed E-state index contributed by atoms with van der Waals surface area (Å²) in [5.74, 6) is 3.28. The molecule has 2 rings (SSSR count). The van der Waals surface area contributed by atoms with Crippen molar-refractivity contribution in [2.24, 2.45) is 13.0 Å². The van der Waals surface area contributed by atoms with E-state index in [-0.39, 0.29) is 0 Å². The summed E-state index contributed by atoms with van der Waals surface area (Å²) in [5.41, 5.74) is 2.49. The van der Waals surface area contributed by atoms with Crippen molar-refractivity contribution in [2.45, 2.75) is 19.4 Å². The Morgan fingerprint density at radius 2 is 2.40 bits per heavy atom. The van der Waals surface area contributed by atoms with Gasteiger partial charge in [-0.3, -0.25) is 4.68 Å². The summed E-state index contributed by atoms with van der Waals surface area (Å²) >= 11 is 2.05. The zero-order valence-corrected chi connectivity index (χ0v) is 10.5. The molecule has 2 unspecified atom stereocenters. The summed E-state index contributed by atoms with van der Waals surface area (Å²) in [5, 5.41) is 7.80. The van der Waals surface area contributed by atoms with Gasteiger partial charge < -0.3 is 5.32 Å². The fourth-order valence-electron chi connectivity index (χ4n) is 2.24. The Labute approximate surface area is 95.6 Å². The van der Waals surface area contributed by atoms with Crippen LogP contribution in [0.3, 0.4) is 0 Å². The maximum absolute atomic E-state index is 4.39. The highest BCUT2D eigenvalue weighted by Crippen LogP contribution is 2.27. The summed E-state index contributed by atoms with van der Waals surface area (Å²) in [6.45, 7) is 2.06. The van der Waals surface area contributed by atoms with Gasteiger partial charge in [0.2, 0.25) is 0 Å². The van der Waals surface area contributed by atoms with Crippen molar-refractivity contribution in [1.29, 1.82) is 0 Å². The van der Waals surface area contributed by atoms with Gasteiger partial charge in [0.1, 0.15) is 0 Å². The van der Waals surface area contributed by atoms with Crippen LogP contribution in [0.15, 0.2) is 6.07 Å². The minimum absolute atomic E-state index is 0.671. The highest BCUT2D eigenvalue weighted by atomic mass is 32.2. The molecule has 1 aromatic heterocycles. The molecule has 0 bridgehead atoms. The first-order chi connectivity index (χ1) is 7.20. The van der Waals surface area contributed by atoms with Crippen molar-refractivity contribution >= 4 is 11.8 Å². The Morgan fingerprint density at radius 3 is 3.00 bits per heavy atom. The molecule has 0 aliphatic carbocycles. The Balaban J connectivity index is 2.05. The van der Waals surface area contributed by atoms with Crippen LogP contribution in [-0.2, 0) is 13.5 Å². The van der Waals surface area contributed by atoms with Gasteiger partial charge in [-0.05, 0) is 38.1 Å². The minimum Gasteiger partial charge on any atom is -0.316 e. The normalized spacial score (nSPS) is 26.1. The molecule has 0 aromatic carbocycles. The number of aryl methyl sites for hydroxylation is 2. The number of aromatic nitrogens is 2. The number of nitrogens with one attached hydrogen (secondary N) is 1. The van der Waals surface area contributed by atoms with E-state index < -0.39 is 0 Å². The lowest BCUT2D eigenvalue weighted by Crippen LogP contribution is -2.33. The maximum Gasteiger partial charge on any atom is 0.0596 e. The van der Waals surface area contributed by atoms with Crippen LogP contribution in [-0.4, -0.2) is 34.4 Å². The van der Waals surface area contributed by atoms with Crippen LogP contribution in [0.4, 0.5) is 0 Å². The number of nitrogens with zero attached hydrogens (tertiary/aromatic N) is 2. The first-order valence-electron chi connectivity index (χ1n) is 5.45. The van der Waals surface area contributed by atoms with Gasteiger partial charge in [0, 0.05) is 24.5 Å². The Bertz CT molecular complexity index is 335. The molecule has 1 saturated heterocycles. The molecule has 1 aromatic rings. The SMILES string of the molecule is CNC1CSCC1Cc1cc(C)nn1C. The Kier molecular flexibility index (Phi) is 3.36. The van der Waals surface area contributed by atoms with Crippen molar-refractivity contribution in [3.63, 3.8) is 0 Å². The van der Waals surface area contributed by atoms with E-state index in [0.29, 0.717) is 6.04 Å². The van der Waals surface area contributed by atoms with Gasteiger partial charge in [-0.1, -0.05) is 0 Å². The second-order valence-corrected chi connectivity index (χ2v) is 5.37. The second-order valence-electron chi connectivity index (χ2n) is 4.30. The van der Waals surface area contributed by atoms with E-state index in [1.807, 2.05) is 11.7 Å². The fraction of sp³-hybridized carbons (Fsp3) is 0.727. The van der Waals surface area contributed by atoms with Crippen molar-refractivity contribution in [3.05, 3.63) is 17.5 Å². The lowest BCUT2D eigenvalue weighted by molar-refractivity contribution is 0.442. The van der Waals surface area contributed by atoms with Crippen LogP contribution in [0.25, 0.3) is 0 Å². The first-order valence-corrected chi connectivity index (χ1v) is 6.60. The lowest BCUT2D eigenvalue weighted by atomic mass is 9.98. The van der Waals surface area contributed by atoms with Crippen LogP contribution in [0.1, 0.15) is 11.4 Å². The molecular formula is C11H19N3S. The fourth-order valence-corrected chi connectivity index (χ4v) is 3.72. The third kappa shape index (κ3) is 2.37. The number of rotatable bonds is 3. The molecule has 1 N–H and O–H groups in total. The Morgan fingerprint density at radius 1 is 1.60 bits per heavy atom. The van der Waals surface area contributed by atoms with Gasteiger partial charge in [-0.2, -0.15) is 16.9 Å². The van der Waals surface area contributed by atoms with E-state index in [1.165, 1.54) is 17.2 Å². The maximum atomic E-state index is 4.39. The largest absolute Gasteiger partial charge is 0.316 e. The highest BCUT2D eigenvalue weighted by Gasteiger charge is 2.27. The molecule has 15 heavy (non-hydrogen) atoms. The second kappa shape index (κ2) is 4.58. The van der Waals surface area contributed by atoms with Gasteiger partial charge in [0.15, 0.2) is 0 Å². The summed E-state index contributed by atoms with van der Waals surface area (Å²) in [7, 11) is 4.11. The van der Waals surface area contributed by atoms with Crippen molar-refractivity contribution in [3.8, 4) is 0 Å². The number of thioether (sulfide) groups is 1. The average Bonchev–Trinajstić information content (AvgIpc) is 2.74. The average molecular weight is 225 g/mol. The van der Waals surface area contributed by atoms with Crippen LogP contribution in [0.5, 0.6) is 0 Å². The molecule has 1 aliphatic heterocycles. The Hall–Kier alpha value is -0.480. The molecule has 0 spiro atoms. The van der Waals surface area contributed by atoms with E-state index in [4.69, 9.17) is 0 Å². The summed E-state index contributed by atoms with van der Waals surface area (Å²) in [4.78, 5) is 0. The van der Waals surface area contributed by atoms with Crippen LogP contribution >= 0.6 is 11.8 Å². The first kappa shape index (κ1) is 11.0. The summed E-state index contributed by atoms with van der Waals surface area (Å²) in [6.07, 6.45) is 1.15. The molecular weight excluding hydrogens is 206 g/mol. The van der Waals surface area contributed by atoms with Crippen molar-refractivity contribution < 1.29 is 0 Å². The molecule has 0 radical (unpaired) electrons. The predicted molar refractivity (Wildman–Crippen MR) is 65.3 cm³/mol. The van der Waals surface area contributed by atoms with Gasteiger partial charge in [0.05, 0.1) is 5.69 Å². The standard InChI is InChI=1S/C11H19N3S/c1-8-4-10(14(3)13-8)5-9-6-15-7-11(9)12-2/h4,9,11-12H,5-7H2,1-3H3. The van der Waals surface area contributed by atoms with Gasteiger partial charge >= 0.3 is 0 Å². The monoisotopic (exact) mass is 225 g/mol. The van der Waals surface area contributed by atoms with Crippen molar-refractivity contribution in [1.82, 2.24) is 15.1 Å². The molecule has 1 aliphatic rings. The smallest absolute Gasteiger partial charge is 0.0596 e. The van der Waals surface area contributed by atoms with Gasteiger partial charge in [-0.15, -0.1) is 0 Å². The highest BCUT2D eigenvalue weighted by molar-refractivity contribution is 7.99. The molecule has 2 atom stereocenters. The third-order valence-corrected chi connectivity index (χ3v) is 4.40. The van der Waals surface area contributed by atoms with Crippen LogP contribution in [0.2, 0.25) is 0 Å². The summed E-state index contributed by atoms with van der Waals surface area (Å²) < 4.78 is 2.02. The van der Waals surface area contributed by atoms with Crippen LogP contribution < -0.4 is 5.32 Å². The molecule has 0 amide bonds. The minimum atomic E-state index is 0.671. The van der Waals surface area contributed by atoms with E-state index in [9.17, 15) is 0 Å². The van der Waals surface area contributed by atoms with Gasteiger partial charge in [0.25, 0.3) is 0 Å². The zero-order valence-electron chi connectivity index (χ0n) is 9.66. The van der Waals surface area contributed by atoms with Crippen LogP contribution in [0, 0.1) is 12.8 Å². The predicted octanol–water partition coefficient (Wildman–Crippen LogP) is 1.22. The number of hydrogen-bond donors (Lipinski definition) is 1. The van der Waals surface area contributed by atoms with Gasteiger partial charge in [-0.25, -0.2) is 0 Å². The zero-order chi connectivity index (χ0) is 10.8. The summed E-state index contributed by atoms with van der Waals surface area (Å²) in [6, 6.07) is 2.88. The van der Waals surface area contributed by atoms with E-state index in [0.717, 1.165) is 18.0 Å². The third-order valence-electron chi connectivity index (χ3n) is 3.14. The van der Waals surface area contributed by atoms with E-state index >= 15 is 0 Å². The van der Waals surface area contributed by atoms with E-state index in [2.05, 4.69) is 42.2 Å². The topological polar surface area (TPSA) is 29.9 Å². The lowest BCUT2D eigenvalue weighted by Gasteiger charge is -2.17. The number of hydrogen-bond acceptors (Lipinski definition) is 3. The molecule has 1 fully saturated rings. The molecule has 4 heteroatoms. The van der Waals surface area contributed by atoms with Crippen molar-refractivity contribution in [2.75, 3.05) is 18.6 Å². The quantitative estimate of drug-likeness (QED) is 0.839. The molecule has 3 nitrogen and oxygen atoms in total. The molecule has 0 saturated carbocycles.